The summed E-state index contributed by atoms with van der Waals surface area (Å²) >= 11 is 5.80. The molecule has 1 fully saturated rings. The van der Waals surface area contributed by atoms with Gasteiger partial charge in [-0.3, -0.25) is 0 Å². The second-order valence-corrected chi connectivity index (χ2v) is 4.96. The molecule has 0 aromatic heterocycles. The number of benzene rings is 1. The van der Waals surface area contributed by atoms with Crippen LogP contribution in [-0.4, -0.2) is 49.8 Å². The van der Waals surface area contributed by atoms with Crippen LogP contribution in [-0.2, 0) is 6.42 Å². The van der Waals surface area contributed by atoms with Crippen molar-refractivity contribution in [3.8, 4) is 11.5 Å². The zero-order chi connectivity index (χ0) is 13.8. The number of ether oxygens (including phenoxy) is 1. The van der Waals surface area contributed by atoms with Crippen molar-refractivity contribution in [2.24, 2.45) is 0 Å². The lowest BCUT2D eigenvalue weighted by Gasteiger charge is -2.27. The van der Waals surface area contributed by atoms with Gasteiger partial charge in [0.2, 0.25) is 0 Å². The fourth-order valence-electron chi connectivity index (χ4n) is 2.23. The molecule has 0 bridgehead atoms. The third kappa shape index (κ3) is 3.29. The molecule has 19 heavy (non-hydrogen) atoms. The van der Waals surface area contributed by atoms with E-state index < -0.39 is 5.82 Å². The van der Waals surface area contributed by atoms with Crippen LogP contribution in [0.1, 0.15) is 5.56 Å². The van der Waals surface area contributed by atoms with Gasteiger partial charge in [-0.05, 0) is 12.5 Å². The van der Waals surface area contributed by atoms with E-state index >= 15 is 0 Å². The van der Waals surface area contributed by atoms with E-state index in [2.05, 4.69) is 10.2 Å². The Morgan fingerprint density at radius 1 is 1.47 bits per heavy atom. The van der Waals surface area contributed by atoms with E-state index in [1.807, 2.05) is 0 Å². The van der Waals surface area contributed by atoms with Crippen molar-refractivity contribution in [3.05, 3.63) is 22.5 Å². The Balaban J connectivity index is 2.09. The zero-order valence-corrected chi connectivity index (χ0v) is 11.6. The molecule has 6 heteroatoms. The summed E-state index contributed by atoms with van der Waals surface area (Å²) in [5.41, 5.74) is 0.613. The Hall–Kier alpha value is -1.04. The van der Waals surface area contributed by atoms with Crippen LogP contribution in [0.5, 0.6) is 11.5 Å². The molecular weight excluding hydrogens is 271 g/mol. The van der Waals surface area contributed by atoms with Gasteiger partial charge < -0.3 is 20.1 Å². The quantitative estimate of drug-likeness (QED) is 0.884. The summed E-state index contributed by atoms with van der Waals surface area (Å²) in [5, 5.41) is 13.2. The Kier molecular flexibility index (Phi) is 4.85. The minimum Gasteiger partial charge on any atom is -0.504 e. The molecule has 2 N–H and O–H groups in total. The molecule has 1 saturated heterocycles. The number of rotatable bonds is 4. The van der Waals surface area contributed by atoms with Crippen LogP contribution in [0, 0.1) is 5.82 Å². The monoisotopic (exact) mass is 288 g/mol. The van der Waals surface area contributed by atoms with Crippen LogP contribution in [0.2, 0.25) is 5.02 Å². The minimum absolute atomic E-state index is 0.0232. The van der Waals surface area contributed by atoms with Crippen molar-refractivity contribution in [1.29, 1.82) is 0 Å². The molecule has 0 atom stereocenters. The summed E-state index contributed by atoms with van der Waals surface area (Å²) in [5.74, 6) is -1.05. The molecule has 1 aliphatic rings. The van der Waals surface area contributed by atoms with Crippen LogP contribution in [0.15, 0.2) is 6.07 Å². The maximum absolute atomic E-state index is 13.6. The van der Waals surface area contributed by atoms with E-state index in [9.17, 15) is 9.50 Å². The first-order chi connectivity index (χ1) is 9.13. The number of hydrogen-bond acceptors (Lipinski definition) is 4. The third-order valence-electron chi connectivity index (χ3n) is 3.34. The van der Waals surface area contributed by atoms with Gasteiger partial charge in [0.15, 0.2) is 17.3 Å². The molecular formula is C13H18ClFN2O2. The number of aromatic hydroxyl groups is 1. The topological polar surface area (TPSA) is 44.7 Å². The van der Waals surface area contributed by atoms with Crippen molar-refractivity contribution < 1.29 is 14.2 Å². The van der Waals surface area contributed by atoms with Crippen LogP contribution in [0.4, 0.5) is 4.39 Å². The van der Waals surface area contributed by atoms with Gasteiger partial charge in [-0.1, -0.05) is 11.6 Å². The lowest BCUT2D eigenvalue weighted by molar-refractivity contribution is 0.243. The zero-order valence-electron chi connectivity index (χ0n) is 10.9. The molecule has 0 unspecified atom stereocenters. The highest BCUT2D eigenvalue weighted by atomic mass is 35.5. The van der Waals surface area contributed by atoms with Gasteiger partial charge in [0.05, 0.1) is 12.1 Å². The fourth-order valence-corrected chi connectivity index (χ4v) is 2.45. The summed E-state index contributed by atoms with van der Waals surface area (Å²) in [4.78, 5) is 2.29. The molecule has 0 radical (unpaired) electrons. The minimum atomic E-state index is -0.715. The predicted octanol–water partition coefficient (Wildman–Crippen LogP) is 1.64. The van der Waals surface area contributed by atoms with Gasteiger partial charge >= 0.3 is 0 Å². The standard InChI is InChI=1S/C13H18ClFN2O2/c1-19-13-11(15)10(14)8-9(12(13)18)2-5-17-6-3-16-4-7-17/h8,16,18H,2-7H2,1H3. The van der Waals surface area contributed by atoms with Crippen molar-refractivity contribution in [3.63, 3.8) is 0 Å². The molecule has 106 valence electrons. The van der Waals surface area contributed by atoms with E-state index in [4.69, 9.17) is 16.3 Å². The molecule has 0 amide bonds. The molecule has 0 spiro atoms. The number of nitrogens with zero attached hydrogens (tertiary/aromatic N) is 1. The Bertz CT molecular complexity index is 451. The van der Waals surface area contributed by atoms with Crippen LogP contribution >= 0.6 is 11.6 Å². The van der Waals surface area contributed by atoms with Gasteiger partial charge in [-0.15, -0.1) is 0 Å². The molecule has 4 nitrogen and oxygen atoms in total. The lowest BCUT2D eigenvalue weighted by atomic mass is 10.1. The smallest absolute Gasteiger partial charge is 0.198 e. The number of halogens is 2. The first kappa shape index (κ1) is 14.4. The molecule has 1 aromatic rings. The average molecular weight is 289 g/mol. The number of piperazine rings is 1. The van der Waals surface area contributed by atoms with Crippen molar-refractivity contribution in [1.82, 2.24) is 10.2 Å². The summed E-state index contributed by atoms with van der Waals surface area (Å²) in [6.07, 6.45) is 0.613. The predicted molar refractivity (Wildman–Crippen MR) is 72.6 cm³/mol. The van der Waals surface area contributed by atoms with E-state index in [1.165, 1.54) is 13.2 Å². The summed E-state index contributed by atoms with van der Waals surface area (Å²) in [6, 6.07) is 1.47. The molecule has 2 rings (SSSR count). The van der Waals surface area contributed by atoms with E-state index in [-0.39, 0.29) is 16.5 Å². The Morgan fingerprint density at radius 2 is 2.16 bits per heavy atom. The second-order valence-electron chi connectivity index (χ2n) is 4.55. The molecule has 0 saturated carbocycles. The average Bonchev–Trinajstić information content (AvgIpc) is 2.43. The molecule has 1 heterocycles. The van der Waals surface area contributed by atoms with E-state index in [1.54, 1.807) is 0 Å². The first-order valence-electron chi connectivity index (χ1n) is 6.30. The lowest BCUT2D eigenvalue weighted by Crippen LogP contribution is -2.44. The van der Waals surface area contributed by atoms with Gasteiger partial charge in [-0.25, -0.2) is 4.39 Å². The van der Waals surface area contributed by atoms with Crippen molar-refractivity contribution in [2.45, 2.75) is 6.42 Å². The summed E-state index contributed by atoms with van der Waals surface area (Å²) in [7, 11) is 1.31. The number of phenolic OH excluding ortho intramolecular Hbond substituents is 1. The van der Waals surface area contributed by atoms with Gasteiger partial charge in [0, 0.05) is 38.3 Å². The van der Waals surface area contributed by atoms with Gasteiger partial charge in [0.1, 0.15) is 0 Å². The number of hydrogen-bond donors (Lipinski definition) is 2. The highest BCUT2D eigenvalue weighted by molar-refractivity contribution is 6.31. The summed E-state index contributed by atoms with van der Waals surface area (Å²) < 4.78 is 18.5. The molecule has 1 aliphatic heterocycles. The normalized spacial score (nSPS) is 16.6. The van der Waals surface area contributed by atoms with Crippen LogP contribution < -0.4 is 10.1 Å². The van der Waals surface area contributed by atoms with Gasteiger partial charge in [-0.2, -0.15) is 0 Å². The van der Waals surface area contributed by atoms with Crippen molar-refractivity contribution >= 4 is 11.6 Å². The van der Waals surface area contributed by atoms with E-state index in [0.29, 0.717) is 12.0 Å². The number of methoxy groups -OCH3 is 1. The molecule has 0 aliphatic carbocycles. The summed E-state index contributed by atoms with van der Waals surface area (Å²) in [6.45, 7) is 4.71. The highest BCUT2D eigenvalue weighted by Crippen LogP contribution is 2.37. The highest BCUT2D eigenvalue weighted by Gasteiger charge is 2.18. The van der Waals surface area contributed by atoms with Crippen LogP contribution in [0.3, 0.4) is 0 Å². The largest absolute Gasteiger partial charge is 0.504 e. The van der Waals surface area contributed by atoms with Crippen LogP contribution in [0.25, 0.3) is 0 Å². The Morgan fingerprint density at radius 3 is 2.79 bits per heavy atom. The fraction of sp³-hybridized carbons (Fsp3) is 0.538. The van der Waals surface area contributed by atoms with Gasteiger partial charge in [0.25, 0.3) is 0 Å². The number of nitrogens with one attached hydrogen (secondary N) is 1. The third-order valence-corrected chi connectivity index (χ3v) is 3.62. The first-order valence-corrected chi connectivity index (χ1v) is 6.68. The Labute approximate surface area is 117 Å². The molecule has 1 aromatic carbocycles. The van der Waals surface area contributed by atoms with Crippen molar-refractivity contribution in [2.75, 3.05) is 39.8 Å². The maximum atomic E-state index is 13.6. The number of phenols is 1. The maximum Gasteiger partial charge on any atom is 0.198 e. The van der Waals surface area contributed by atoms with E-state index in [0.717, 1.165) is 32.7 Å². The SMILES string of the molecule is COc1c(O)c(CCN2CCNCC2)cc(Cl)c1F. The second kappa shape index (κ2) is 6.41.